The summed E-state index contributed by atoms with van der Waals surface area (Å²) < 4.78 is 49.6. The van der Waals surface area contributed by atoms with Crippen molar-refractivity contribution >= 4 is 34.6 Å². The fourth-order valence-corrected chi connectivity index (χ4v) is 2.79. The van der Waals surface area contributed by atoms with Gasteiger partial charge in [-0.25, -0.2) is 4.98 Å². The standard InChI is InChI=1S/C17H17F3IN3O2/c1-3-25-14-8-11(7-13(21)16(14)26-4-2)9-23-24-15-6-5-12(10-22-15)17(18,19)20/h5-10H,3-4H2,1-2H3,(H,22,24)/b23-9-. The lowest BCUT2D eigenvalue weighted by molar-refractivity contribution is -0.137. The van der Waals surface area contributed by atoms with Crippen LogP contribution in [0.3, 0.4) is 0 Å². The summed E-state index contributed by atoms with van der Waals surface area (Å²) in [4.78, 5) is 3.69. The van der Waals surface area contributed by atoms with Crippen molar-refractivity contribution in [1.82, 2.24) is 4.98 Å². The number of anilines is 1. The number of rotatable bonds is 7. The molecule has 26 heavy (non-hydrogen) atoms. The van der Waals surface area contributed by atoms with Gasteiger partial charge in [0.25, 0.3) is 0 Å². The number of ether oxygens (including phenoxy) is 2. The van der Waals surface area contributed by atoms with Gasteiger partial charge in [-0.05, 0) is 66.3 Å². The van der Waals surface area contributed by atoms with Crippen LogP contribution in [0, 0.1) is 3.57 Å². The number of nitrogens with zero attached hydrogens (tertiary/aromatic N) is 2. The first kappa shape index (κ1) is 20.3. The van der Waals surface area contributed by atoms with E-state index in [0.29, 0.717) is 24.7 Å². The molecule has 0 aliphatic heterocycles. The molecule has 0 radical (unpaired) electrons. The molecule has 1 aromatic heterocycles. The molecule has 2 rings (SSSR count). The zero-order valence-corrected chi connectivity index (χ0v) is 16.3. The summed E-state index contributed by atoms with van der Waals surface area (Å²) in [6.45, 7) is 4.78. The summed E-state index contributed by atoms with van der Waals surface area (Å²) >= 11 is 2.14. The van der Waals surface area contributed by atoms with E-state index in [-0.39, 0.29) is 5.82 Å². The Morgan fingerprint density at radius 2 is 1.92 bits per heavy atom. The summed E-state index contributed by atoms with van der Waals surface area (Å²) in [6.07, 6.45) is -2.13. The molecule has 9 heteroatoms. The predicted molar refractivity (Wildman–Crippen MR) is 102 cm³/mol. The third-order valence-corrected chi connectivity index (χ3v) is 3.91. The van der Waals surface area contributed by atoms with E-state index in [0.717, 1.165) is 21.4 Å². The highest BCUT2D eigenvalue weighted by Crippen LogP contribution is 2.34. The van der Waals surface area contributed by atoms with E-state index in [1.807, 2.05) is 19.9 Å². The van der Waals surface area contributed by atoms with Crippen molar-refractivity contribution in [1.29, 1.82) is 0 Å². The minimum atomic E-state index is -4.41. The topological polar surface area (TPSA) is 55.7 Å². The van der Waals surface area contributed by atoms with Crippen molar-refractivity contribution < 1.29 is 22.6 Å². The Kier molecular flexibility index (Phi) is 7.06. The van der Waals surface area contributed by atoms with Crippen molar-refractivity contribution in [3.8, 4) is 11.5 Å². The fraction of sp³-hybridized carbons (Fsp3) is 0.294. The molecule has 1 heterocycles. The molecule has 5 nitrogen and oxygen atoms in total. The molecular weight excluding hydrogens is 462 g/mol. The minimum Gasteiger partial charge on any atom is -0.490 e. The number of benzene rings is 1. The highest BCUT2D eigenvalue weighted by atomic mass is 127. The second kappa shape index (κ2) is 9.06. The van der Waals surface area contributed by atoms with E-state index in [4.69, 9.17) is 9.47 Å². The van der Waals surface area contributed by atoms with Gasteiger partial charge in [0.15, 0.2) is 11.5 Å². The van der Waals surface area contributed by atoms with Crippen molar-refractivity contribution in [3.63, 3.8) is 0 Å². The number of pyridine rings is 1. The van der Waals surface area contributed by atoms with Gasteiger partial charge >= 0.3 is 6.18 Å². The molecule has 0 unspecified atom stereocenters. The van der Waals surface area contributed by atoms with Crippen LogP contribution < -0.4 is 14.9 Å². The van der Waals surface area contributed by atoms with Crippen LogP contribution in [-0.2, 0) is 6.18 Å². The van der Waals surface area contributed by atoms with E-state index in [1.165, 1.54) is 12.3 Å². The predicted octanol–water partition coefficient (Wildman–Crippen LogP) is 4.95. The van der Waals surface area contributed by atoms with Gasteiger partial charge in [-0.15, -0.1) is 0 Å². The van der Waals surface area contributed by atoms with Crippen LogP contribution in [0.4, 0.5) is 19.0 Å². The maximum absolute atomic E-state index is 12.5. The molecule has 0 saturated heterocycles. The fourth-order valence-electron chi connectivity index (χ4n) is 2.01. The number of hydrogen-bond acceptors (Lipinski definition) is 5. The van der Waals surface area contributed by atoms with Gasteiger partial charge in [0.05, 0.1) is 28.6 Å². The Hall–Kier alpha value is -2.04. The molecule has 140 valence electrons. The summed E-state index contributed by atoms with van der Waals surface area (Å²) in [5.74, 6) is 1.49. The quantitative estimate of drug-likeness (QED) is 0.347. The molecule has 0 amide bonds. The van der Waals surface area contributed by atoms with Crippen LogP contribution in [-0.4, -0.2) is 24.4 Å². The molecule has 0 bridgehead atoms. The average molecular weight is 479 g/mol. The largest absolute Gasteiger partial charge is 0.490 e. The van der Waals surface area contributed by atoms with Gasteiger partial charge in [-0.1, -0.05) is 0 Å². The lowest BCUT2D eigenvalue weighted by Crippen LogP contribution is -2.05. The monoisotopic (exact) mass is 479 g/mol. The Morgan fingerprint density at radius 3 is 2.50 bits per heavy atom. The lowest BCUT2D eigenvalue weighted by atomic mass is 10.2. The Morgan fingerprint density at radius 1 is 1.19 bits per heavy atom. The van der Waals surface area contributed by atoms with Crippen molar-refractivity contribution in [3.05, 3.63) is 45.2 Å². The molecule has 0 aliphatic carbocycles. The lowest BCUT2D eigenvalue weighted by Gasteiger charge is -2.13. The second-order valence-corrected chi connectivity index (χ2v) is 6.16. The maximum atomic E-state index is 12.5. The molecule has 2 aromatic rings. The minimum absolute atomic E-state index is 0.208. The number of hydrazone groups is 1. The van der Waals surface area contributed by atoms with Gasteiger partial charge in [0, 0.05) is 6.20 Å². The second-order valence-electron chi connectivity index (χ2n) is 5.00. The van der Waals surface area contributed by atoms with Gasteiger partial charge in [-0.3, -0.25) is 5.43 Å². The first-order chi connectivity index (χ1) is 12.3. The summed E-state index contributed by atoms with van der Waals surface area (Å²) in [7, 11) is 0. The van der Waals surface area contributed by atoms with E-state index in [9.17, 15) is 13.2 Å². The van der Waals surface area contributed by atoms with Gasteiger partial charge in [-0.2, -0.15) is 18.3 Å². The Balaban J connectivity index is 2.12. The summed E-state index contributed by atoms with van der Waals surface area (Å²) in [5.41, 5.74) is 2.54. The number of halogens is 4. The number of alkyl halides is 3. The summed E-state index contributed by atoms with van der Waals surface area (Å²) in [5, 5.41) is 4.00. The Bertz CT molecular complexity index is 765. The Labute approximate surface area is 162 Å². The molecule has 0 saturated carbocycles. The highest BCUT2D eigenvalue weighted by molar-refractivity contribution is 14.1. The van der Waals surface area contributed by atoms with Crippen LogP contribution in [0.2, 0.25) is 0 Å². The first-order valence-electron chi connectivity index (χ1n) is 7.76. The molecular formula is C17H17F3IN3O2. The first-order valence-corrected chi connectivity index (χ1v) is 8.84. The molecule has 0 fully saturated rings. The zero-order chi connectivity index (χ0) is 19.2. The average Bonchev–Trinajstić information content (AvgIpc) is 2.58. The number of aromatic nitrogens is 1. The van der Waals surface area contributed by atoms with Crippen molar-refractivity contribution in [2.24, 2.45) is 5.10 Å². The van der Waals surface area contributed by atoms with Gasteiger partial charge < -0.3 is 9.47 Å². The van der Waals surface area contributed by atoms with Crippen LogP contribution in [0.5, 0.6) is 11.5 Å². The van der Waals surface area contributed by atoms with E-state index in [1.54, 1.807) is 6.07 Å². The van der Waals surface area contributed by atoms with Crippen LogP contribution in [0.1, 0.15) is 25.0 Å². The van der Waals surface area contributed by atoms with E-state index < -0.39 is 11.7 Å². The molecule has 1 aromatic carbocycles. The molecule has 0 spiro atoms. The molecule has 0 atom stereocenters. The zero-order valence-electron chi connectivity index (χ0n) is 14.1. The third kappa shape index (κ3) is 5.48. The van der Waals surface area contributed by atoms with Crippen molar-refractivity contribution in [2.75, 3.05) is 18.6 Å². The third-order valence-electron chi connectivity index (χ3n) is 3.10. The summed E-state index contributed by atoms with van der Waals surface area (Å²) in [6, 6.07) is 5.80. The van der Waals surface area contributed by atoms with Gasteiger partial charge in [0.2, 0.25) is 0 Å². The SMILES string of the molecule is CCOc1cc(/C=N\Nc2ccc(C(F)(F)F)cn2)cc(I)c1OCC. The number of hydrogen-bond donors (Lipinski definition) is 1. The smallest absolute Gasteiger partial charge is 0.417 e. The van der Waals surface area contributed by atoms with Crippen LogP contribution >= 0.6 is 22.6 Å². The van der Waals surface area contributed by atoms with E-state index in [2.05, 4.69) is 38.1 Å². The molecule has 1 N–H and O–H groups in total. The number of nitrogens with one attached hydrogen (secondary N) is 1. The van der Waals surface area contributed by atoms with E-state index >= 15 is 0 Å². The maximum Gasteiger partial charge on any atom is 0.417 e. The highest BCUT2D eigenvalue weighted by Gasteiger charge is 2.30. The van der Waals surface area contributed by atoms with Gasteiger partial charge in [0.1, 0.15) is 5.82 Å². The van der Waals surface area contributed by atoms with Crippen LogP contribution in [0.15, 0.2) is 35.6 Å². The molecule has 0 aliphatic rings. The van der Waals surface area contributed by atoms with Crippen LogP contribution in [0.25, 0.3) is 0 Å². The van der Waals surface area contributed by atoms with Crippen molar-refractivity contribution in [2.45, 2.75) is 20.0 Å². The normalized spacial score (nSPS) is 11.6.